The average Bonchev–Trinajstić information content (AvgIpc) is 2.49. The van der Waals surface area contributed by atoms with Gasteiger partial charge in [0.1, 0.15) is 0 Å². The van der Waals surface area contributed by atoms with Crippen molar-refractivity contribution in [3.63, 3.8) is 0 Å². The molecule has 0 atom stereocenters. The van der Waals surface area contributed by atoms with Gasteiger partial charge in [-0.25, -0.2) is 0 Å². The summed E-state index contributed by atoms with van der Waals surface area (Å²) in [6.45, 7) is 2.78. The molecule has 1 aromatic heterocycles. The highest BCUT2D eigenvalue weighted by Gasteiger charge is 2.19. The second-order valence-electron chi connectivity index (χ2n) is 4.61. The van der Waals surface area contributed by atoms with Gasteiger partial charge >= 0.3 is 0 Å². The summed E-state index contributed by atoms with van der Waals surface area (Å²) >= 11 is 0. The van der Waals surface area contributed by atoms with Crippen LogP contribution in [0.1, 0.15) is 30.1 Å². The first-order valence-corrected chi connectivity index (χ1v) is 6.80. The topological polar surface area (TPSA) is 59.2 Å². The van der Waals surface area contributed by atoms with Gasteiger partial charge in [0.25, 0.3) is 5.91 Å². The van der Waals surface area contributed by atoms with Crippen LogP contribution in [0.2, 0.25) is 0 Å². The van der Waals surface area contributed by atoms with E-state index in [4.69, 9.17) is 5.73 Å². The van der Waals surface area contributed by atoms with Gasteiger partial charge in [0.15, 0.2) is 0 Å². The molecule has 4 nitrogen and oxygen atoms in total. The minimum Gasteiger partial charge on any atom is -0.398 e. The summed E-state index contributed by atoms with van der Waals surface area (Å²) in [5, 5.41) is 0. The molecule has 0 saturated heterocycles. The molecule has 20 heavy (non-hydrogen) atoms. The number of unbranched alkanes of at least 4 members (excludes halogenated alkanes) is 1. The molecule has 0 spiro atoms. The first kappa shape index (κ1) is 14.1. The zero-order valence-corrected chi connectivity index (χ0v) is 11.6. The lowest BCUT2D eigenvalue weighted by Crippen LogP contribution is -2.32. The molecule has 0 radical (unpaired) electrons. The van der Waals surface area contributed by atoms with Crippen LogP contribution < -0.4 is 10.6 Å². The number of hydrogen-bond donors (Lipinski definition) is 1. The second kappa shape index (κ2) is 6.70. The van der Waals surface area contributed by atoms with Crippen molar-refractivity contribution in [2.24, 2.45) is 0 Å². The molecule has 0 aliphatic carbocycles. The van der Waals surface area contributed by atoms with Crippen LogP contribution in [0.5, 0.6) is 0 Å². The quantitative estimate of drug-likeness (QED) is 0.907. The summed E-state index contributed by atoms with van der Waals surface area (Å²) in [5.74, 6) is -0.102. The van der Waals surface area contributed by atoms with Gasteiger partial charge in [0, 0.05) is 30.3 Å². The lowest BCUT2D eigenvalue weighted by Gasteiger charge is -2.23. The van der Waals surface area contributed by atoms with E-state index < -0.39 is 0 Å². The molecule has 2 rings (SSSR count). The largest absolute Gasteiger partial charge is 0.398 e. The molecule has 0 saturated carbocycles. The Hall–Kier alpha value is -2.36. The van der Waals surface area contributed by atoms with Crippen LogP contribution in [-0.4, -0.2) is 17.4 Å². The highest BCUT2D eigenvalue weighted by Crippen LogP contribution is 2.20. The number of aromatic nitrogens is 1. The van der Waals surface area contributed by atoms with E-state index in [1.54, 1.807) is 17.2 Å². The van der Waals surface area contributed by atoms with Gasteiger partial charge < -0.3 is 10.6 Å². The average molecular weight is 269 g/mol. The van der Waals surface area contributed by atoms with Gasteiger partial charge in [-0.1, -0.05) is 31.5 Å². The number of rotatable bonds is 5. The van der Waals surface area contributed by atoms with E-state index >= 15 is 0 Å². The predicted molar refractivity (Wildman–Crippen MR) is 81.7 cm³/mol. The highest BCUT2D eigenvalue weighted by molar-refractivity contribution is 6.09. The van der Waals surface area contributed by atoms with Crippen molar-refractivity contribution in [1.29, 1.82) is 0 Å². The van der Waals surface area contributed by atoms with Gasteiger partial charge in [-0.15, -0.1) is 0 Å². The van der Waals surface area contributed by atoms with Gasteiger partial charge in [0.05, 0.1) is 5.56 Å². The maximum atomic E-state index is 12.7. The van der Waals surface area contributed by atoms with E-state index in [2.05, 4.69) is 11.9 Å². The minimum atomic E-state index is -0.102. The summed E-state index contributed by atoms with van der Waals surface area (Å²) in [5.41, 5.74) is 7.67. The monoisotopic (exact) mass is 269 g/mol. The number of carbonyl (C=O) groups is 1. The molecule has 1 heterocycles. The Kier molecular flexibility index (Phi) is 4.71. The Morgan fingerprint density at radius 2 is 2.00 bits per heavy atom. The zero-order chi connectivity index (χ0) is 14.4. The number of benzene rings is 1. The lowest BCUT2D eigenvalue weighted by molar-refractivity contribution is 0.0987. The molecule has 2 aromatic rings. The van der Waals surface area contributed by atoms with Crippen molar-refractivity contribution < 1.29 is 4.79 Å². The minimum absolute atomic E-state index is 0.102. The van der Waals surface area contributed by atoms with Crippen LogP contribution in [0.4, 0.5) is 11.4 Å². The van der Waals surface area contributed by atoms with Crippen LogP contribution >= 0.6 is 0 Å². The smallest absolute Gasteiger partial charge is 0.261 e. The maximum absolute atomic E-state index is 12.7. The number of hydrogen-bond acceptors (Lipinski definition) is 3. The Morgan fingerprint density at radius 3 is 2.65 bits per heavy atom. The third kappa shape index (κ3) is 3.15. The molecule has 0 unspecified atom stereocenters. The van der Waals surface area contributed by atoms with E-state index in [-0.39, 0.29) is 5.91 Å². The van der Waals surface area contributed by atoms with E-state index in [1.807, 2.05) is 30.3 Å². The van der Waals surface area contributed by atoms with Crippen molar-refractivity contribution >= 4 is 17.3 Å². The highest BCUT2D eigenvalue weighted by atomic mass is 16.2. The molecule has 0 fully saturated rings. The van der Waals surface area contributed by atoms with Crippen LogP contribution in [0.15, 0.2) is 48.8 Å². The molecule has 2 N–H and O–H groups in total. The van der Waals surface area contributed by atoms with Crippen molar-refractivity contribution in [3.8, 4) is 0 Å². The molecule has 0 bridgehead atoms. The summed E-state index contributed by atoms with van der Waals surface area (Å²) in [4.78, 5) is 18.4. The predicted octanol–water partition coefficient (Wildman–Crippen LogP) is 3.11. The normalized spacial score (nSPS) is 10.2. The van der Waals surface area contributed by atoms with Gasteiger partial charge in [-0.2, -0.15) is 0 Å². The number of nitrogens with zero attached hydrogens (tertiary/aromatic N) is 2. The van der Waals surface area contributed by atoms with E-state index in [0.29, 0.717) is 17.8 Å². The first-order valence-electron chi connectivity index (χ1n) is 6.80. The number of amides is 1. The molecule has 0 aliphatic heterocycles. The van der Waals surface area contributed by atoms with Crippen molar-refractivity contribution in [2.75, 3.05) is 17.2 Å². The van der Waals surface area contributed by atoms with Crippen molar-refractivity contribution in [1.82, 2.24) is 4.98 Å². The molecule has 0 aliphatic rings. The third-order valence-electron chi connectivity index (χ3n) is 3.13. The second-order valence-corrected chi connectivity index (χ2v) is 4.61. The van der Waals surface area contributed by atoms with Gasteiger partial charge in [0.2, 0.25) is 0 Å². The van der Waals surface area contributed by atoms with E-state index in [9.17, 15) is 4.79 Å². The Balaban J connectivity index is 2.32. The summed E-state index contributed by atoms with van der Waals surface area (Å²) < 4.78 is 0. The molecule has 1 aromatic carbocycles. The SMILES string of the molecule is CCCCN(C(=O)c1cnccc1N)c1ccccc1. The molecule has 104 valence electrons. The van der Waals surface area contributed by atoms with E-state index in [1.165, 1.54) is 6.20 Å². The number of carbonyl (C=O) groups excluding carboxylic acids is 1. The van der Waals surface area contributed by atoms with Crippen molar-refractivity contribution in [2.45, 2.75) is 19.8 Å². The zero-order valence-electron chi connectivity index (χ0n) is 11.6. The summed E-state index contributed by atoms with van der Waals surface area (Å²) in [6.07, 6.45) is 5.09. The molecular weight excluding hydrogens is 250 g/mol. The number of nitrogens with two attached hydrogens (primary N) is 1. The fourth-order valence-corrected chi connectivity index (χ4v) is 2.00. The fourth-order valence-electron chi connectivity index (χ4n) is 2.00. The van der Waals surface area contributed by atoms with Gasteiger partial charge in [-0.05, 0) is 24.6 Å². The third-order valence-corrected chi connectivity index (χ3v) is 3.13. The Bertz CT molecular complexity index is 569. The number of anilines is 2. The number of pyridine rings is 1. The van der Waals surface area contributed by atoms with Crippen molar-refractivity contribution in [3.05, 3.63) is 54.4 Å². The van der Waals surface area contributed by atoms with Crippen LogP contribution in [0.25, 0.3) is 0 Å². The van der Waals surface area contributed by atoms with Crippen LogP contribution in [0, 0.1) is 0 Å². The van der Waals surface area contributed by atoms with E-state index in [0.717, 1.165) is 18.5 Å². The summed E-state index contributed by atoms with van der Waals surface area (Å²) in [7, 11) is 0. The molecule has 4 heteroatoms. The van der Waals surface area contributed by atoms with Crippen LogP contribution in [-0.2, 0) is 0 Å². The fraction of sp³-hybridized carbons (Fsp3) is 0.250. The standard InChI is InChI=1S/C16H19N3O/c1-2-3-11-19(13-7-5-4-6-8-13)16(20)14-12-18-10-9-15(14)17/h4-10,12H,2-3,11H2,1H3,(H2,17,18). The molecular formula is C16H19N3O. The lowest BCUT2D eigenvalue weighted by atomic mass is 10.1. The number of para-hydroxylation sites is 1. The Morgan fingerprint density at radius 1 is 1.25 bits per heavy atom. The Labute approximate surface area is 119 Å². The van der Waals surface area contributed by atoms with Crippen LogP contribution in [0.3, 0.4) is 0 Å². The first-order chi connectivity index (χ1) is 9.74. The summed E-state index contributed by atoms with van der Waals surface area (Å²) in [6, 6.07) is 11.3. The maximum Gasteiger partial charge on any atom is 0.261 e. The van der Waals surface area contributed by atoms with Gasteiger partial charge in [-0.3, -0.25) is 9.78 Å². The molecule has 1 amide bonds. The number of nitrogen functional groups attached to an aromatic ring is 1.